The van der Waals surface area contributed by atoms with Crippen molar-refractivity contribution in [2.75, 3.05) is 19.6 Å². The minimum atomic E-state index is 0.763. The molecule has 110 valence electrons. The van der Waals surface area contributed by atoms with Crippen molar-refractivity contribution in [1.82, 2.24) is 10.2 Å². The van der Waals surface area contributed by atoms with E-state index < -0.39 is 0 Å². The van der Waals surface area contributed by atoms with Gasteiger partial charge in [-0.25, -0.2) is 0 Å². The fourth-order valence-corrected chi connectivity index (χ4v) is 4.32. The summed E-state index contributed by atoms with van der Waals surface area (Å²) in [5, 5.41) is 3.75. The van der Waals surface area contributed by atoms with Gasteiger partial charge < -0.3 is 5.32 Å². The number of hydrogen-bond donors (Lipinski definition) is 1. The largest absolute Gasteiger partial charge is 0.312 e. The van der Waals surface area contributed by atoms with Crippen molar-refractivity contribution < 1.29 is 0 Å². The van der Waals surface area contributed by atoms with Crippen LogP contribution < -0.4 is 5.32 Å². The van der Waals surface area contributed by atoms with E-state index in [1.807, 2.05) is 0 Å². The molecule has 0 aromatic heterocycles. The summed E-state index contributed by atoms with van der Waals surface area (Å²) in [5.74, 6) is 0.781. The molecule has 0 aromatic rings. The van der Waals surface area contributed by atoms with Gasteiger partial charge >= 0.3 is 0 Å². The predicted molar refractivity (Wildman–Crippen MR) is 81.4 cm³/mol. The lowest BCUT2D eigenvalue weighted by atomic mass is 9.76. The molecule has 3 aliphatic rings. The van der Waals surface area contributed by atoms with Crippen LogP contribution in [0.15, 0.2) is 0 Å². The van der Waals surface area contributed by atoms with E-state index in [1.54, 1.807) is 0 Å². The van der Waals surface area contributed by atoms with Gasteiger partial charge in [-0.1, -0.05) is 26.7 Å². The Kier molecular flexibility index (Phi) is 4.19. The second kappa shape index (κ2) is 5.73. The summed E-state index contributed by atoms with van der Waals surface area (Å²) in [6.45, 7) is 8.73. The van der Waals surface area contributed by atoms with Gasteiger partial charge in [-0.05, 0) is 62.9 Å². The molecule has 1 saturated heterocycles. The number of nitrogens with zero attached hydrogens (tertiary/aromatic N) is 1. The highest BCUT2D eigenvalue weighted by atomic mass is 15.2. The van der Waals surface area contributed by atoms with Crippen LogP contribution in [0.4, 0.5) is 0 Å². The molecule has 2 heteroatoms. The third-order valence-corrected chi connectivity index (χ3v) is 5.95. The van der Waals surface area contributed by atoms with E-state index in [-0.39, 0.29) is 0 Å². The smallest absolute Gasteiger partial charge is 0.0243 e. The van der Waals surface area contributed by atoms with Crippen LogP contribution in [0.1, 0.15) is 65.2 Å². The first-order valence-corrected chi connectivity index (χ1v) is 8.66. The van der Waals surface area contributed by atoms with Crippen molar-refractivity contribution in [2.24, 2.45) is 11.3 Å². The van der Waals surface area contributed by atoms with E-state index >= 15 is 0 Å². The first-order valence-electron chi connectivity index (χ1n) is 8.66. The zero-order chi connectivity index (χ0) is 13.3. The summed E-state index contributed by atoms with van der Waals surface area (Å²) in [6, 6.07) is 1.62. The molecule has 3 fully saturated rings. The van der Waals surface area contributed by atoms with Gasteiger partial charge in [0.2, 0.25) is 0 Å². The van der Waals surface area contributed by atoms with E-state index in [4.69, 9.17) is 0 Å². The molecule has 3 rings (SSSR count). The highest BCUT2D eigenvalue weighted by Gasteiger charge is 2.38. The van der Waals surface area contributed by atoms with E-state index in [0.29, 0.717) is 0 Å². The Labute approximate surface area is 119 Å². The second-order valence-electron chi connectivity index (χ2n) is 7.74. The maximum Gasteiger partial charge on any atom is 0.0243 e. The van der Waals surface area contributed by atoms with Crippen LogP contribution in [0.2, 0.25) is 0 Å². The molecule has 19 heavy (non-hydrogen) atoms. The third kappa shape index (κ3) is 3.33. The lowest BCUT2D eigenvalue weighted by Gasteiger charge is -2.44. The van der Waals surface area contributed by atoms with Crippen molar-refractivity contribution in [3.05, 3.63) is 0 Å². The quantitative estimate of drug-likeness (QED) is 0.818. The van der Waals surface area contributed by atoms with Crippen molar-refractivity contribution in [3.63, 3.8) is 0 Å². The van der Waals surface area contributed by atoms with E-state index in [2.05, 4.69) is 24.1 Å². The van der Waals surface area contributed by atoms with Gasteiger partial charge in [-0.2, -0.15) is 0 Å². The fourth-order valence-electron chi connectivity index (χ4n) is 4.32. The normalized spacial score (nSPS) is 29.2. The summed E-state index contributed by atoms with van der Waals surface area (Å²) < 4.78 is 0. The summed E-state index contributed by atoms with van der Waals surface area (Å²) in [5.41, 5.74) is 0.766. The Balaban J connectivity index is 1.51. The van der Waals surface area contributed by atoms with Gasteiger partial charge in [-0.15, -0.1) is 0 Å². The monoisotopic (exact) mass is 264 g/mol. The number of rotatable bonds is 5. The van der Waals surface area contributed by atoms with Crippen molar-refractivity contribution in [3.8, 4) is 0 Å². The van der Waals surface area contributed by atoms with Gasteiger partial charge in [0.25, 0.3) is 0 Å². The highest BCUT2D eigenvalue weighted by molar-refractivity contribution is 4.93. The van der Waals surface area contributed by atoms with Gasteiger partial charge in [-0.3, -0.25) is 4.90 Å². The van der Waals surface area contributed by atoms with Crippen LogP contribution >= 0.6 is 0 Å². The Morgan fingerprint density at radius 1 is 1.05 bits per heavy atom. The minimum absolute atomic E-state index is 0.763. The molecule has 1 unspecified atom stereocenters. The van der Waals surface area contributed by atoms with Crippen molar-refractivity contribution >= 4 is 0 Å². The van der Waals surface area contributed by atoms with Gasteiger partial charge in [0, 0.05) is 18.6 Å². The van der Waals surface area contributed by atoms with Crippen molar-refractivity contribution in [1.29, 1.82) is 0 Å². The number of likely N-dealkylation sites (tertiary alicyclic amines) is 1. The Bertz CT molecular complexity index is 280. The first-order chi connectivity index (χ1) is 9.19. The molecule has 2 saturated carbocycles. The molecular formula is C17H32N2. The molecule has 1 atom stereocenters. The zero-order valence-electron chi connectivity index (χ0n) is 13.0. The number of hydrogen-bond acceptors (Lipinski definition) is 2. The molecule has 2 nitrogen and oxygen atoms in total. The van der Waals surface area contributed by atoms with Crippen LogP contribution in [-0.2, 0) is 0 Å². The lowest BCUT2D eigenvalue weighted by molar-refractivity contribution is 0.0583. The minimum Gasteiger partial charge on any atom is -0.312 e. The molecule has 1 spiro atoms. The molecule has 0 radical (unpaired) electrons. The Morgan fingerprint density at radius 3 is 2.21 bits per heavy atom. The first kappa shape index (κ1) is 13.9. The zero-order valence-corrected chi connectivity index (χ0v) is 13.0. The third-order valence-electron chi connectivity index (χ3n) is 5.95. The van der Waals surface area contributed by atoms with Crippen molar-refractivity contribution in [2.45, 2.75) is 77.3 Å². The topological polar surface area (TPSA) is 15.3 Å². The molecule has 0 bridgehead atoms. The average Bonchev–Trinajstić information content (AvgIpc) is 3.12. The molecule has 0 aromatic carbocycles. The summed E-state index contributed by atoms with van der Waals surface area (Å²) in [4.78, 5) is 2.80. The maximum atomic E-state index is 3.75. The standard InChI is InChI=1S/C17H32N2/c1-14(2)16(13-18-15-5-6-15)19-11-9-17(10-12-19)7-3-4-8-17/h14-16,18H,3-13H2,1-2H3. The molecular weight excluding hydrogens is 232 g/mol. The fraction of sp³-hybridized carbons (Fsp3) is 1.00. The van der Waals surface area contributed by atoms with E-state index in [9.17, 15) is 0 Å². The van der Waals surface area contributed by atoms with Crippen LogP contribution in [0.3, 0.4) is 0 Å². The highest BCUT2D eigenvalue weighted by Crippen LogP contribution is 2.46. The summed E-state index contributed by atoms with van der Waals surface area (Å²) >= 11 is 0. The Morgan fingerprint density at radius 2 is 1.68 bits per heavy atom. The summed E-state index contributed by atoms with van der Waals surface area (Å²) in [6.07, 6.45) is 11.8. The average molecular weight is 264 g/mol. The lowest BCUT2D eigenvalue weighted by Crippen LogP contribution is -2.50. The SMILES string of the molecule is CC(C)C(CNC1CC1)N1CCC2(CCCC2)CC1. The van der Waals surface area contributed by atoms with Gasteiger partial charge in [0.1, 0.15) is 0 Å². The van der Waals surface area contributed by atoms with Gasteiger partial charge in [0.05, 0.1) is 0 Å². The van der Waals surface area contributed by atoms with E-state index in [0.717, 1.165) is 23.4 Å². The second-order valence-corrected chi connectivity index (χ2v) is 7.74. The van der Waals surface area contributed by atoms with Crippen LogP contribution in [0.5, 0.6) is 0 Å². The number of piperidine rings is 1. The van der Waals surface area contributed by atoms with E-state index in [1.165, 1.54) is 71.0 Å². The van der Waals surface area contributed by atoms with Crippen LogP contribution in [0, 0.1) is 11.3 Å². The molecule has 0 amide bonds. The Hall–Kier alpha value is -0.0800. The number of nitrogens with one attached hydrogen (secondary N) is 1. The van der Waals surface area contributed by atoms with Gasteiger partial charge in [0.15, 0.2) is 0 Å². The predicted octanol–water partition coefficient (Wildman–Crippen LogP) is 3.42. The van der Waals surface area contributed by atoms with Crippen LogP contribution in [-0.4, -0.2) is 36.6 Å². The summed E-state index contributed by atoms with van der Waals surface area (Å²) in [7, 11) is 0. The molecule has 1 aliphatic heterocycles. The molecule has 2 aliphatic carbocycles. The molecule has 1 heterocycles. The molecule has 1 N–H and O–H groups in total. The maximum absolute atomic E-state index is 3.75. The van der Waals surface area contributed by atoms with Crippen LogP contribution in [0.25, 0.3) is 0 Å².